The van der Waals surface area contributed by atoms with Gasteiger partial charge in [-0.15, -0.1) is 11.3 Å². The van der Waals surface area contributed by atoms with E-state index in [2.05, 4.69) is 41.6 Å². The average Bonchev–Trinajstić information content (AvgIpc) is 3.42. The van der Waals surface area contributed by atoms with Crippen LogP contribution in [0.2, 0.25) is 0 Å². The predicted octanol–water partition coefficient (Wildman–Crippen LogP) is 6.20. The summed E-state index contributed by atoms with van der Waals surface area (Å²) in [5, 5.41) is 7.82. The molecule has 7 heteroatoms. The Kier molecular flexibility index (Phi) is 5.92. The second-order valence-electron chi connectivity index (χ2n) is 7.02. The Morgan fingerprint density at radius 2 is 2.07 bits per heavy atom. The summed E-state index contributed by atoms with van der Waals surface area (Å²) in [5.41, 5.74) is 4.43. The van der Waals surface area contributed by atoms with Crippen LogP contribution in [0.4, 0.5) is 5.69 Å². The van der Waals surface area contributed by atoms with Crippen molar-refractivity contribution >= 4 is 51.4 Å². The number of aromatic nitrogens is 1. The van der Waals surface area contributed by atoms with Crippen molar-refractivity contribution in [3.05, 3.63) is 70.4 Å². The minimum Gasteiger partial charge on any atom is -0.436 e. The van der Waals surface area contributed by atoms with Crippen molar-refractivity contribution in [2.45, 2.75) is 26.2 Å². The van der Waals surface area contributed by atoms with Gasteiger partial charge >= 0.3 is 0 Å². The number of hydrogen-bond acceptors (Lipinski definition) is 5. The van der Waals surface area contributed by atoms with Crippen LogP contribution >= 0.6 is 23.6 Å². The molecule has 5 nitrogen and oxygen atoms in total. The maximum atomic E-state index is 12.1. The maximum absolute atomic E-state index is 12.1. The van der Waals surface area contributed by atoms with Gasteiger partial charge in [-0.05, 0) is 71.9 Å². The molecule has 2 N–H and O–H groups in total. The highest BCUT2D eigenvalue weighted by Crippen LogP contribution is 2.29. The van der Waals surface area contributed by atoms with Crippen molar-refractivity contribution in [3.8, 4) is 11.5 Å². The molecular weight excluding hydrogens is 414 g/mol. The first-order chi connectivity index (χ1) is 14.5. The van der Waals surface area contributed by atoms with E-state index in [1.165, 1.54) is 16.9 Å². The Bertz CT molecular complexity index is 1200. The molecule has 0 aliphatic rings. The van der Waals surface area contributed by atoms with Gasteiger partial charge in [0.2, 0.25) is 5.89 Å². The van der Waals surface area contributed by atoms with Gasteiger partial charge in [-0.1, -0.05) is 32.0 Å². The van der Waals surface area contributed by atoms with Crippen LogP contribution in [0.5, 0.6) is 0 Å². The minimum atomic E-state index is -0.227. The Morgan fingerprint density at radius 3 is 2.83 bits per heavy atom. The first-order valence-corrected chi connectivity index (χ1v) is 11.0. The van der Waals surface area contributed by atoms with Crippen LogP contribution in [0.15, 0.2) is 64.4 Å². The highest BCUT2D eigenvalue weighted by molar-refractivity contribution is 7.80. The van der Waals surface area contributed by atoms with E-state index < -0.39 is 0 Å². The normalized spacial score (nSPS) is 11.9. The van der Waals surface area contributed by atoms with Gasteiger partial charge in [-0.2, -0.15) is 0 Å². The fourth-order valence-electron chi connectivity index (χ4n) is 3.07. The molecule has 1 atom stereocenters. The van der Waals surface area contributed by atoms with Crippen molar-refractivity contribution in [3.63, 3.8) is 0 Å². The van der Waals surface area contributed by atoms with E-state index in [1.54, 1.807) is 6.07 Å². The fraction of sp³-hybridized carbons (Fsp3) is 0.174. The van der Waals surface area contributed by atoms with Crippen molar-refractivity contribution in [2.24, 2.45) is 0 Å². The Hall–Kier alpha value is -3.03. The molecule has 1 amide bonds. The number of nitrogens with zero attached hydrogens (tertiary/aromatic N) is 1. The summed E-state index contributed by atoms with van der Waals surface area (Å²) >= 11 is 6.64. The van der Waals surface area contributed by atoms with Gasteiger partial charge in [0.25, 0.3) is 5.91 Å². The smallest absolute Gasteiger partial charge is 0.267 e. The van der Waals surface area contributed by atoms with Crippen LogP contribution in [0, 0.1) is 0 Å². The monoisotopic (exact) mass is 435 g/mol. The van der Waals surface area contributed by atoms with E-state index in [0.717, 1.165) is 28.8 Å². The molecule has 2 aromatic heterocycles. The van der Waals surface area contributed by atoms with Gasteiger partial charge in [-0.25, -0.2) is 4.98 Å². The van der Waals surface area contributed by atoms with Crippen molar-refractivity contribution in [1.29, 1.82) is 0 Å². The van der Waals surface area contributed by atoms with Crippen LogP contribution in [0.1, 0.15) is 41.4 Å². The lowest BCUT2D eigenvalue weighted by Crippen LogP contribution is -2.33. The minimum absolute atomic E-state index is 0.227. The fourth-order valence-corrected chi connectivity index (χ4v) is 3.90. The van der Waals surface area contributed by atoms with Crippen LogP contribution in [0.25, 0.3) is 22.6 Å². The molecule has 0 aliphatic heterocycles. The molecule has 0 bridgehead atoms. The first kappa shape index (κ1) is 20.3. The summed E-state index contributed by atoms with van der Waals surface area (Å²) in [6.07, 6.45) is 1.08. The van der Waals surface area contributed by atoms with Gasteiger partial charge in [-0.3, -0.25) is 10.1 Å². The predicted molar refractivity (Wildman–Crippen MR) is 126 cm³/mol. The van der Waals surface area contributed by atoms with E-state index in [4.69, 9.17) is 16.6 Å². The summed E-state index contributed by atoms with van der Waals surface area (Å²) in [6, 6.07) is 17.3. The van der Waals surface area contributed by atoms with Gasteiger partial charge in [0.15, 0.2) is 10.7 Å². The Labute approximate surface area is 184 Å². The number of thiocarbonyl (C=S) groups is 1. The zero-order chi connectivity index (χ0) is 21.1. The molecule has 1 unspecified atom stereocenters. The zero-order valence-corrected chi connectivity index (χ0v) is 18.3. The van der Waals surface area contributed by atoms with Crippen LogP contribution in [-0.4, -0.2) is 16.0 Å². The molecular formula is C23H21N3O2S2. The SMILES string of the molecule is CCC(C)c1ccc2oc(-c3cccc(NC(=S)NC(=O)c4cccs4)c3)nc2c1. The number of amides is 1. The molecule has 0 aliphatic carbocycles. The molecule has 2 heterocycles. The maximum Gasteiger partial charge on any atom is 0.267 e. The van der Waals surface area contributed by atoms with E-state index in [1.807, 2.05) is 41.8 Å². The summed E-state index contributed by atoms with van der Waals surface area (Å²) in [7, 11) is 0. The van der Waals surface area contributed by atoms with E-state index in [-0.39, 0.29) is 11.0 Å². The number of benzene rings is 2. The molecule has 0 radical (unpaired) electrons. The summed E-state index contributed by atoms with van der Waals surface area (Å²) in [4.78, 5) is 17.4. The van der Waals surface area contributed by atoms with Crippen LogP contribution in [0.3, 0.4) is 0 Å². The number of thiophene rings is 1. The molecule has 30 heavy (non-hydrogen) atoms. The molecule has 4 aromatic rings. The Balaban J connectivity index is 1.51. The van der Waals surface area contributed by atoms with Gasteiger partial charge < -0.3 is 9.73 Å². The van der Waals surface area contributed by atoms with Gasteiger partial charge in [0.05, 0.1) is 4.88 Å². The topological polar surface area (TPSA) is 67.2 Å². The number of fused-ring (bicyclic) bond motifs is 1. The second kappa shape index (κ2) is 8.77. The molecule has 4 rings (SSSR count). The van der Waals surface area contributed by atoms with Crippen LogP contribution < -0.4 is 10.6 Å². The van der Waals surface area contributed by atoms with E-state index >= 15 is 0 Å². The molecule has 0 spiro atoms. The molecule has 0 saturated heterocycles. The number of anilines is 1. The van der Waals surface area contributed by atoms with Crippen molar-refractivity contribution < 1.29 is 9.21 Å². The summed E-state index contributed by atoms with van der Waals surface area (Å²) in [5.74, 6) is 0.797. The number of carbonyl (C=O) groups excluding carboxylic acids is 1. The first-order valence-electron chi connectivity index (χ1n) is 9.70. The number of rotatable bonds is 5. The average molecular weight is 436 g/mol. The van der Waals surface area contributed by atoms with Crippen molar-refractivity contribution in [2.75, 3.05) is 5.32 Å². The summed E-state index contributed by atoms with van der Waals surface area (Å²) < 4.78 is 5.96. The molecule has 2 aromatic carbocycles. The van der Waals surface area contributed by atoms with E-state index in [9.17, 15) is 4.79 Å². The standard InChI is InChI=1S/C23H21N3O2S2/c1-3-14(2)15-9-10-19-18(13-15)25-22(28-19)16-6-4-7-17(12-16)24-23(29)26-21(27)20-8-5-11-30-20/h4-14H,3H2,1-2H3,(H2,24,26,27,29). The van der Waals surface area contributed by atoms with Gasteiger partial charge in [0.1, 0.15) is 5.52 Å². The second-order valence-corrected chi connectivity index (χ2v) is 8.38. The van der Waals surface area contributed by atoms with Crippen LogP contribution in [-0.2, 0) is 0 Å². The highest BCUT2D eigenvalue weighted by Gasteiger charge is 2.12. The summed E-state index contributed by atoms with van der Waals surface area (Å²) in [6.45, 7) is 4.38. The molecule has 0 saturated carbocycles. The number of hydrogen-bond donors (Lipinski definition) is 2. The zero-order valence-electron chi connectivity index (χ0n) is 16.6. The number of carbonyl (C=O) groups is 1. The van der Waals surface area contributed by atoms with Gasteiger partial charge in [0, 0.05) is 11.3 Å². The highest BCUT2D eigenvalue weighted by atomic mass is 32.1. The largest absolute Gasteiger partial charge is 0.436 e. The third kappa shape index (κ3) is 4.42. The Morgan fingerprint density at radius 1 is 1.20 bits per heavy atom. The third-order valence-electron chi connectivity index (χ3n) is 4.93. The number of oxazole rings is 1. The number of nitrogens with one attached hydrogen (secondary N) is 2. The van der Waals surface area contributed by atoms with Crippen molar-refractivity contribution in [1.82, 2.24) is 10.3 Å². The third-order valence-corrected chi connectivity index (χ3v) is 6.01. The lowest BCUT2D eigenvalue weighted by Gasteiger charge is -2.09. The van der Waals surface area contributed by atoms with E-state index in [0.29, 0.717) is 16.7 Å². The molecule has 0 fully saturated rings. The quantitative estimate of drug-likeness (QED) is 0.366. The molecule has 152 valence electrons. The lowest BCUT2D eigenvalue weighted by atomic mass is 9.98. The lowest BCUT2D eigenvalue weighted by molar-refractivity contribution is 0.0981.